The van der Waals surface area contributed by atoms with Gasteiger partial charge in [-0.05, 0) is 50.4 Å². The van der Waals surface area contributed by atoms with E-state index < -0.39 is 0 Å². The van der Waals surface area contributed by atoms with Gasteiger partial charge in [0.05, 0.1) is 5.69 Å². The molecule has 0 aromatic heterocycles. The van der Waals surface area contributed by atoms with Crippen molar-refractivity contribution in [3.63, 3.8) is 0 Å². The van der Waals surface area contributed by atoms with E-state index in [0.29, 0.717) is 12.3 Å². The van der Waals surface area contributed by atoms with Crippen LogP contribution in [0.5, 0.6) is 0 Å². The largest absolute Gasteiger partial charge is 0.312 e. The summed E-state index contributed by atoms with van der Waals surface area (Å²) in [5, 5.41) is 3.36. The SMILES string of the molecule is CNC(C)(C)c1cc2c3c(c1)CCN3C(=O)CC2. The summed E-state index contributed by atoms with van der Waals surface area (Å²) in [5.41, 5.74) is 5.22. The van der Waals surface area contributed by atoms with Gasteiger partial charge in [-0.2, -0.15) is 0 Å². The molecule has 3 rings (SSSR count). The van der Waals surface area contributed by atoms with Crippen LogP contribution in [-0.2, 0) is 23.2 Å². The Hall–Kier alpha value is -1.35. The molecule has 0 bridgehead atoms. The van der Waals surface area contributed by atoms with Gasteiger partial charge in [0.2, 0.25) is 5.91 Å². The summed E-state index contributed by atoms with van der Waals surface area (Å²) in [4.78, 5) is 13.8. The lowest BCUT2D eigenvalue weighted by molar-refractivity contribution is -0.118. The number of hydrogen-bond acceptors (Lipinski definition) is 2. The fraction of sp³-hybridized carbons (Fsp3) is 0.533. The van der Waals surface area contributed by atoms with Crippen LogP contribution in [-0.4, -0.2) is 19.5 Å². The molecule has 3 heteroatoms. The minimum Gasteiger partial charge on any atom is -0.312 e. The second-order valence-electron chi connectivity index (χ2n) is 5.81. The second kappa shape index (κ2) is 3.82. The molecular weight excluding hydrogens is 224 g/mol. The molecule has 2 heterocycles. The molecule has 0 unspecified atom stereocenters. The van der Waals surface area contributed by atoms with Gasteiger partial charge in [-0.3, -0.25) is 4.79 Å². The molecule has 2 aliphatic heterocycles. The van der Waals surface area contributed by atoms with Gasteiger partial charge in [-0.15, -0.1) is 0 Å². The molecule has 0 aliphatic carbocycles. The van der Waals surface area contributed by atoms with Crippen LogP contribution < -0.4 is 10.2 Å². The standard InChI is InChI=1S/C15H20N2O/c1-15(2,16-3)12-8-10-4-5-13(18)17-7-6-11(9-12)14(10)17/h8-9,16H,4-7H2,1-3H3. The normalized spacial score (nSPS) is 18.2. The zero-order chi connectivity index (χ0) is 12.9. The predicted octanol–water partition coefficient (Wildman–Crippen LogP) is 1.98. The number of nitrogens with one attached hydrogen (secondary N) is 1. The van der Waals surface area contributed by atoms with Crippen molar-refractivity contribution >= 4 is 11.6 Å². The lowest BCUT2D eigenvalue weighted by Crippen LogP contribution is -2.35. The number of hydrogen-bond donors (Lipinski definition) is 1. The lowest BCUT2D eigenvalue weighted by Gasteiger charge is -2.30. The Labute approximate surface area is 108 Å². The van der Waals surface area contributed by atoms with Crippen LogP contribution in [0, 0.1) is 0 Å². The van der Waals surface area contributed by atoms with Gasteiger partial charge in [0.15, 0.2) is 0 Å². The molecule has 2 aliphatic rings. The molecule has 1 aromatic rings. The Morgan fingerprint density at radius 1 is 1.17 bits per heavy atom. The predicted molar refractivity (Wildman–Crippen MR) is 72.9 cm³/mol. The third-order valence-corrected chi connectivity index (χ3v) is 4.40. The monoisotopic (exact) mass is 244 g/mol. The van der Waals surface area contributed by atoms with Crippen LogP contribution >= 0.6 is 0 Å². The third-order valence-electron chi connectivity index (χ3n) is 4.40. The van der Waals surface area contributed by atoms with Crippen molar-refractivity contribution in [2.24, 2.45) is 0 Å². The highest BCUT2D eigenvalue weighted by Gasteiger charge is 2.32. The molecule has 1 aromatic carbocycles. The van der Waals surface area contributed by atoms with Crippen molar-refractivity contribution < 1.29 is 4.79 Å². The van der Waals surface area contributed by atoms with Gasteiger partial charge in [0, 0.05) is 18.5 Å². The second-order valence-corrected chi connectivity index (χ2v) is 5.81. The zero-order valence-electron chi connectivity index (χ0n) is 11.3. The quantitative estimate of drug-likeness (QED) is 0.862. The van der Waals surface area contributed by atoms with E-state index in [4.69, 9.17) is 0 Å². The first kappa shape index (κ1) is 11.7. The van der Waals surface area contributed by atoms with Crippen LogP contribution in [0.15, 0.2) is 12.1 Å². The van der Waals surface area contributed by atoms with E-state index in [9.17, 15) is 4.79 Å². The van der Waals surface area contributed by atoms with Crippen molar-refractivity contribution in [3.05, 3.63) is 28.8 Å². The number of aryl methyl sites for hydroxylation is 1. The molecular formula is C15H20N2O. The zero-order valence-corrected chi connectivity index (χ0v) is 11.3. The summed E-state index contributed by atoms with van der Waals surface area (Å²) in [6, 6.07) is 4.55. The molecule has 0 spiro atoms. The minimum atomic E-state index is -0.0135. The topological polar surface area (TPSA) is 32.3 Å². The van der Waals surface area contributed by atoms with E-state index in [2.05, 4.69) is 31.3 Å². The maximum Gasteiger partial charge on any atom is 0.227 e. The van der Waals surface area contributed by atoms with Crippen LogP contribution in [0.1, 0.15) is 37.0 Å². The van der Waals surface area contributed by atoms with Crippen LogP contribution in [0.4, 0.5) is 5.69 Å². The first-order chi connectivity index (χ1) is 8.53. The molecule has 0 fully saturated rings. The van der Waals surface area contributed by atoms with Gasteiger partial charge in [-0.1, -0.05) is 12.1 Å². The molecule has 3 nitrogen and oxygen atoms in total. The van der Waals surface area contributed by atoms with E-state index in [1.54, 1.807) is 0 Å². The summed E-state index contributed by atoms with van der Waals surface area (Å²) in [6.07, 6.45) is 2.56. The van der Waals surface area contributed by atoms with Crippen molar-refractivity contribution in [1.82, 2.24) is 5.32 Å². The number of anilines is 1. The molecule has 1 N–H and O–H groups in total. The van der Waals surface area contributed by atoms with E-state index in [-0.39, 0.29) is 5.54 Å². The number of nitrogens with zero attached hydrogens (tertiary/aromatic N) is 1. The van der Waals surface area contributed by atoms with E-state index in [1.807, 2.05) is 11.9 Å². The van der Waals surface area contributed by atoms with Gasteiger partial charge in [-0.25, -0.2) is 0 Å². The van der Waals surface area contributed by atoms with E-state index in [1.165, 1.54) is 22.4 Å². The molecule has 0 radical (unpaired) electrons. The fourth-order valence-electron chi connectivity index (χ4n) is 2.96. The Balaban J connectivity index is 2.13. The average molecular weight is 244 g/mol. The Morgan fingerprint density at radius 3 is 2.50 bits per heavy atom. The summed E-state index contributed by atoms with van der Waals surface area (Å²) in [7, 11) is 1.99. The van der Waals surface area contributed by atoms with Gasteiger partial charge >= 0.3 is 0 Å². The number of benzene rings is 1. The lowest BCUT2D eigenvalue weighted by atomic mass is 9.88. The van der Waals surface area contributed by atoms with Gasteiger partial charge in [0.25, 0.3) is 0 Å². The highest BCUT2D eigenvalue weighted by molar-refractivity contribution is 5.98. The summed E-state index contributed by atoms with van der Waals surface area (Å²) in [5.74, 6) is 0.293. The highest BCUT2D eigenvalue weighted by Crippen LogP contribution is 2.39. The number of rotatable bonds is 2. The molecule has 1 amide bonds. The number of amides is 1. The van der Waals surface area contributed by atoms with Crippen LogP contribution in [0.25, 0.3) is 0 Å². The van der Waals surface area contributed by atoms with Crippen molar-refractivity contribution in [2.75, 3.05) is 18.5 Å². The molecule has 0 saturated heterocycles. The Kier molecular flexibility index (Phi) is 2.49. The number of carbonyl (C=O) groups is 1. The summed E-state index contributed by atoms with van der Waals surface area (Å²) >= 11 is 0. The van der Waals surface area contributed by atoms with Gasteiger partial charge < -0.3 is 10.2 Å². The summed E-state index contributed by atoms with van der Waals surface area (Å²) < 4.78 is 0. The van der Waals surface area contributed by atoms with Crippen molar-refractivity contribution in [1.29, 1.82) is 0 Å². The van der Waals surface area contributed by atoms with Crippen LogP contribution in [0.3, 0.4) is 0 Å². The molecule has 96 valence electrons. The fourth-order valence-corrected chi connectivity index (χ4v) is 2.96. The maximum atomic E-state index is 11.9. The molecule has 0 atom stereocenters. The first-order valence-corrected chi connectivity index (χ1v) is 6.68. The van der Waals surface area contributed by atoms with Crippen molar-refractivity contribution in [3.8, 4) is 0 Å². The van der Waals surface area contributed by atoms with E-state index >= 15 is 0 Å². The third kappa shape index (κ3) is 1.57. The van der Waals surface area contributed by atoms with Crippen molar-refractivity contribution in [2.45, 2.75) is 38.6 Å². The maximum absolute atomic E-state index is 11.9. The van der Waals surface area contributed by atoms with Crippen LogP contribution in [0.2, 0.25) is 0 Å². The van der Waals surface area contributed by atoms with E-state index in [0.717, 1.165) is 19.4 Å². The Morgan fingerprint density at radius 2 is 1.83 bits per heavy atom. The highest BCUT2D eigenvalue weighted by atomic mass is 16.2. The first-order valence-electron chi connectivity index (χ1n) is 6.68. The Bertz CT molecular complexity index is 519. The summed E-state index contributed by atoms with van der Waals surface area (Å²) in [6.45, 7) is 5.26. The number of carbonyl (C=O) groups excluding carboxylic acids is 1. The molecule has 18 heavy (non-hydrogen) atoms. The van der Waals surface area contributed by atoms with Gasteiger partial charge in [0.1, 0.15) is 0 Å². The minimum absolute atomic E-state index is 0.0135. The molecule has 0 saturated carbocycles. The smallest absolute Gasteiger partial charge is 0.227 e. The average Bonchev–Trinajstić information content (AvgIpc) is 2.79.